The number of likely N-dealkylation sites (tertiary alicyclic amines) is 1. The maximum absolute atomic E-state index is 13.0. The van der Waals surface area contributed by atoms with Crippen LogP contribution in [0.1, 0.15) is 73.3 Å². The summed E-state index contributed by atoms with van der Waals surface area (Å²) in [6, 6.07) is 1.84. The number of hydrogen-bond donors (Lipinski definition) is 0. The molecule has 1 unspecified atom stereocenters. The molecule has 3 heterocycles. The molecule has 2 aromatic rings. The van der Waals surface area contributed by atoms with Crippen molar-refractivity contribution < 1.29 is 9.32 Å². The molecule has 0 N–H and O–H groups in total. The first-order valence-corrected chi connectivity index (χ1v) is 8.32. The molecule has 1 amide bonds. The van der Waals surface area contributed by atoms with Crippen molar-refractivity contribution in [3.05, 3.63) is 35.5 Å². The number of rotatable bonds is 3. The molecule has 6 heteroatoms. The Balaban J connectivity index is 1.87. The molecule has 23 heavy (non-hydrogen) atoms. The van der Waals surface area contributed by atoms with Crippen molar-refractivity contribution >= 4 is 5.91 Å². The van der Waals surface area contributed by atoms with Gasteiger partial charge in [0, 0.05) is 37.3 Å². The third-order valence-corrected chi connectivity index (χ3v) is 4.44. The highest BCUT2D eigenvalue weighted by Gasteiger charge is 2.30. The van der Waals surface area contributed by atoms with E-state index in [1.165, 1.54) is 0 Å². The van der Waals surface area contributed by atoms with Gasteiger partial charge in [0.2, 0.25) is 0 Å². The van der Waals surface area contributed by atoms with Crippen LogP contribution in [0.4, 0.5) is 0 Å². The lowest BCUT2D eigenvalue weighted by Gasteiger charge is -2.28. The molecule has 1 fully saturated rings. The Bertz CT molecular complexity index is 674. The van der Waals surface area contributed by atoms with Crippen LogP contribution in [-0.4, -0.2) is 32.3 Å². The van der Waals surface area contributed by atoms with Crippen LogP contribution in [-0.2, 0) is 7.05 Å². The summed E-state index contributed by atoms with van der Waals surface area (Å²) < 4.78 is 7.09. The molecule has 1 saturated heterocycles. The third kappa shape index (κ3) is 3.30. The van der Waals surface area contributed by atoms with Gasteiger partial charge < -0.3 is 9.42 Å². The van der Waals surface area contributed by atoms with Gasteiger partial charge in [-0.25, -0.2) is 0 Å². The van der Waals surface area contributed by atoms with Crippen molar-refractivity contribution in [2.75, 3.05) is 6.54 Å². The van der Waals surface area contributed by atoms with Crippen LogP contribution in [0.5, 0.6) is 0 Å². The van der Waals surface area contributed by atoms with E-state index in [1.807, 2.05) is 38.2 Å². The molecule has 0 bridgehead atoms. The van der Waals surface area contributed by atoms with Crippen LogP contribution in [0.2, 0.25) is 0 Å². The van der Waals surface area contributed by atoms with E-state index >= 15 is 0 Å². The van der Waals surface area contributed by atoms with Gasteiger partial charge in [-0.3, -0.25) is 9.48 Å². The molecule has 0 spiro atoms. The van der Waals surface area contributed by atoms with Gasteiger partial charge >= 0.3 is 0 Å². The van der Waals surface area contributed by atoms with Gasteiger partial charge in [0.05, 0.1) is 12.2 Å². The summed E-state index contributed by atoms with van der Waals surface area (Å²) >= 11 is 0. The number of carbonyl (C=O) groups is 1. The van der Waals surface area contributed by atoms with Gasteiger partial charge in [-0.05, 0) is 12.8 Å². The second-order valence-electron chi connectivity index (χ2n) is 6.58. The zero-order valence-corrected chi connectivity index (χ0v) is 14.0. The predicted octanol–water partition coefficient (Wildman–Crippen LogP) is 3.29. The fourth-order valence-corrected chi connectivity index (χ4v) is 3.12. The van der Waals surface area contributed by atoms with Crippen LogP contribution in [0, 0.1) is 0 Å². The average molecular weight is 316 g/mol. The molecular formula is C17H24N4O2. The number of aromatic nitrogens is 3. The zero-order valence-electron chi connectivity index (χ0n) is 14.0. The lowest BCUT2D eigenvalue weighted by Crippen LogP contribution is -2.34. The number of hydrogen-bond acceptors (Lipinski definition) is 4. The zero-order chi connectivity index (χ0) is 16.4. The highest BCUT2D eigenvalue weighted by atomic mass is 16.5. The Morgan fingerprint density at radius 2 is 2.17 bits per heavy atom. The molecule has 1 aliphatic rings. The minimum atomic E-state index is -0.0450. The van der Waals surface area contributed by atoms with Gasteiger partial charge in [-0.15, -0.1) is 0 Å². The van der Waals surface area contributed by atoms with Crippen LogP contribution in [0.15, 0.2) is 23.0 Å². The Kier molecular flexibility index (Phi) is 4.50. The van der Waals surface area contributed by atoms with E-state index in [-0.39, 0.29) is 17.9 Å². The standard InChI is InChI=1S/C17H24N4O2/c1-12(2)16-9-14(19-23-16)17(22)21-8-6-4-5-7-15(21)13-10-18-20(3)11-13/h9-12,15H,4-8H2,1-3H3. The first kappa shape index (κ1) is 15.8. The first-order chi connectivity index (χ1) is 11.1. The Labute approximate surface area is 136 Å². The molecule has 6 nitrogen and oxygen atoms in total. The Hall–Kier alpha value is -2.11. The minimum absolute atomic E-state index is 0.0450. The van der Waals surface area contributed by atoms with Crippen LogP contribution in [0.25, 0.3) is 0 Å². The smallest absolute Gasteiger partial charge is 0.276 e. The molecule has 0 aromatic carbocycles. The molecule has 2 aromatic heterocycles. The largest absolute Gasteiger partial charge is 0.360 e. The van der Waals surface area contributed by atoms with E-state index in [0.717, 1.165) is 43.6 Å². The van der Waals surface area contributed by atoms with Crippen LogP contribution >= 0.6 is 0 Å². The van der Waals surface area contributed by atoms with E-state index < -0.39 is 0 Å². The van der Waals surface area contributed by atoms with Crippen molar-refractivity contribution in [2.24, 2.45) is 7.05 Å². The average Bonchev–Trinajstić information content (AvgIpc) is 3.10. The Morgan fingerprint density at radius 3 is 2.83 bits per heavy atom. The van der Waals surface area contributed by atoms with Crippen molar-refractivity contribution in [1.29, 1.82) is 0 Å². The lowest BCUT2D eigenvalue weighted by atomic mass is 10.0. The van der Waals surface area contributed by atoms with E-state index in [9.17, 15) is 4.79 Å². The highest BCUT2D eigenvalue weighted by Crippen LogP contribution is 2.31. The molecular weight excluding hydrogens is 292 g/mol. The quantitative estimate of drug-likeness (QED) is 0.871. The molecule has 3 rings (SSSR count). The van der Waals surface area contributed by atoms with Crippen molar-refractivity contribution in [2.45, 2.75) is 51.5 Å². The summed E-state index contributed by atoms with van der Waals surface area (Å²) in [6.07, 6.45) is 8.12. The predicted molar refractivity (Wildman–Crippen MR) is 86.0 cm³/mol. The van der Waals surface area contributed by atoms with E-state index in [2.05, 4.69) is 10.3 Å². The van der Waals surface area contributed by atoms with Crippen molar-refractivity contribution in [3.63, 3.8) is 0 Å². The summed E-state index contributed by atoms with van der Waals surface area (Å²) in [7, 11) is 1.90. The van der Waals surface area contributed by atoms with Crippen molar-refractivity contribution in [3.8, 4) is 0 Å². The maximum atomic E-state index is 13.0. The molecule has 124 valence electrons. The van der Waals surface area contributed by atoms with E-state index in [4.69, 9.17) is 4.52 Å². The summed E-state index contributed by atoms with van der Waals surface area (Å²) in [5.74, 6) is 0.930. The highest BCUT2D eigenvalue weighted by molar-refractivity contribution is 5.92. The number of amides is 1. The molecule has 0 radical (unpaired) electrons. The molecule has 1 aliphatic heterocycles. The minimum Gasteiger partial charge on any atom is -0.360 e. The number of aryl methyl sites for hydroxylation is 1. The second-order valence-corrected chi connectivity index (χ2v) is 6.58. The lowest BCUT2D eigenvalue weighted by molar-refractivity contribution is 0.0670. The third-order valence-electron chi connectivity index (χ3n) is 4.44. The summed E-state index contributed by atoms with van der Waals surface area (Å²) in [5.41, 5.74) is 1.50. The molecule has 0 saturated carbocycles. The first-order valence-electron chi connectivity index (χ1n) is 8.32. The van der Waals surface area contributed by atoms with Crippen LogP contribution < -0.4 is 0 Å². The topological polar surface area (TPSA) is 64.2 Å². The van der Waals surface area contributed by atoms with Gasteiger partial charge in [-0.2, -0.15) is 5.10 Å². The maximum Gasteiger partial charge on any atom is 0.276 e. The van der Waals surface area contributed by atoms with Gasteiger partial charge in [0.15, 0.2) is 5.69 Å². The van der Waals surface area contributed by atoms with E-state index in [1.54, 1.807) is 10.7 Å². The van der Waals surface area contributed by atoms with E-state index in [0.29, 0.717) is 5.69 Å². The normalized spacial score (nSPS) is 19.1. The SMILES string of the molecule is CC(C)c1cc(C(=O)N2CCCCCC2c2cnn(C)c2)no1. The fraction of sp³-hybridized carbons (Fsp3) is 0.588. The second kappa shape index (κ2) is 6.56. The van der Waals surface area contributed by atoms with Gasteiger partial charge in [0.1, 0.15) is 5.76 Å². The Morgan fingerprint density at radius 1 is 1.35 bits per heavy atom. The van der Waals surface area contributed by atoms with Crippen LogP contribution in [0.3, 0.4) is 0 Å². The summed E-state index contributed by atoms with van der Waals surface area (Å²) in [4.78, 5) is 14.9. The summed E-state index contributed by atoms with van der Waals surface area (Å²) in [5, 5.41) is 8.25. The molecule has 1 atom stereocenters. The summed E-state index contributed by atoms with van der Waals surface area (Å²) in [6.45, 7) is 4.81. The fourth-order valence-electron chi connectivity index (χ4n) is 3.12. The monoisotopic (exact) mass is 316 g/mol. The van der Waals surface area contributed by atoms with Crippen molar-refractivity contribution in [1.82, 2.24) is 19.8 Å². The number of carbonyl (C=O) groups excluding carboxylic acids is 1. The number of nitrogens with zero attached hydrogens (tertiary/aromatic N) is 4. The van der Waals surface area contributed by atoms with Gasteiger partial charge in [0.25, 0.3) is 5.91 Å². The molecule has 0 aliphatic carbocycles. The van der Waals surface area contributed by atoms with Gasteiger partial charge in [-0.1, -0.05) is 31.8 Å².